The molecule has 0 fully saturated rings. The molecule has 1 rings (SSSR count). The fourth-order valence-electron chi connectivity index (χ4n) is 0.476. The van der Waals surface area contributed by atoms with Gasteiger partial charge in [0.15, 0.2) is 5.82 Å². The minimum Gasteiger partial charge on any atom is -0.479 e. The average Bonchev–Trinajstić information content (AvgIpc) is 1.89. The fraction of sp³-hybridized carbons (Fsp3) is 0.167. The molecule has 0 saturated carbocycles. The van der Waals surface area contributed by atoms with Crippen molar-refractivity contribution in [3.05, 3.63) is 24.1 Å². The zero-order chi connectivity index (χ0) is 6.69. The molecule has 0 bridgehead atoms. The van der Waals surface area contributed by atoms with Gasteiger partial charge in [0.1, 0.15) is 0 Å². The lowest BCUT2D eigenvalue weighted by molar-refractivity contribution is 0.368. The molecule has 1 aromatic rings. The smallest absolute Gasteiger partial charge is 0.250 e. The predicted molar refractivity (Wildman–Crippen MR) is 29.6 cm³/mol. The minimum absolute atomic E-state index is 0.0162. The van der Waals surface area contributed by atoms with Gasteiger partial charge in [-0.1, -0.05) is 0 Å². The van der Waals surface area contributed by atoms with Crippen molar-refractivity contribution in [3.8, 4) is 5.88 Å². The number of nitrogens with zero attached hydrogens (tertiary/aromatic N) is 1. The van der Waals surface area contributed by atoms with Gasteiger partial charge in [0.25, 0.3) is 5.88 Å². The number of hydrogen-bond donors (Lipinski definition) is 0. The maximum Gasteiger partial charge on any atom is 0.250 e. The van der Waals surface area contributed by atoms with Gasteiger partial charge in [-0.15, -0.1) is 0 Å². The second-order valence-corrected chi connectivity index (χ2v) is 1.41. The Kier molecular flexibility index (Phi) is 1.63. The number of pyridine rings is 1. The third-order valence-corrected chi connectivity index (χ3v) is 0.857. The highest BCUT2D eigenvalue weighted by atomic mass is 19.1. The zero-order valence-electron chi connectivity index (χ0n) is 4.89. The van der Waals surface area contributed by atoms with Gasteiger partial charge in [0, 0.05) is 12.3 Å². The van der Waals surface area contributed by atoms with Crippen molar-refractivity contribution < 1.29 is 9.13 Å². The van der Waals surface area contributed by atoms with Crippen LogP contribution in [0.15, 0.2) is 12.3 Å². The van der Waals surface area contributed by atoms with Crippen LogP contribution in [0, 0.1) is 11.9 Å². The molecule has 0 atom stereocenters. The number of ether oxygens (including phenoxy) is 1. The third kappa shape index (κ3) is 1.16. The van der Waals surface area contributed by atoms with Crippen LogP contribution in [0.25, 0.3) is 0 Å². The summed E-state index contributed by atoms with van der Waals surface area (Å²) in [5.74, 6) is -0.572. The summed E-state index contributed by atoms with van der Waals surface area (Å²) < 4.78 is 16.9. The largest absolute Gasteiger partial charge is 0.479 e. The van der Waals surface area contributed by atoms with E-state index >= 15 is 0 Å². The van der Waals surface area contributed by atoms with E-state index in [9.17, 15) is 4.39 Å². The maximum absolute atomic E-state index is 12.3. The molecular formula is C6H5FNO. The monoisotopic (exact) mass is 126 g/mol. The Balaban J connectivity index is 3.01. The predicted octanol–water partition coefficient (Wildman–Crippen LogP) is 1.03. The Bertz CT molecular complexity index is 202. The Morgan fingerprint density at radius 2 is 2.56 bits per heavy atom. The summed E-state index contributed by atoms with van der Waals surface area (Å²) in [5.41, 5.74) is 0. The Labute approximate surface area is 52.3 Å². The number of halogens is 1. The molecule has 0 amide bonds. The number of methoxy groups -OCH3 is 1. The Morgan fingerprint density at radius 3 is 3.00 bits per heavy atom. The van der Waals surface area contributed by atoms with Crippen molar-refractivity contribution in [2.24, 2.45) is 0 Å². The fourth-order valence-corrected chi connectivity index (χ4v) is 0.476. The molecule has 47 valence electrons. The van der Waals surface area contributed by atoms with Crippen molar-refractivity contribution in [1.82, 2.24) is 4.98 Å². The molecule has 1 heterocycles. The van der Waals surface area contributed by atoms with Crippen LogP contribution in [-0.2, 0) is 0 Å². The average molecular weight is 126 g/mol. The maximum atomic E-state index is 12.3. The normalized spacial score (nSPS) is 9.11. The number of aromatic nitrogens is 1. The molecule has 2 nitrogen and oxygen atoms in total. The molecule has 0 spiro atoms. The van der Waals surface area contributed by atoms with Crippen molar-refractivity contribution in [2.75, 3.05) is 7.11 Å². The third-order valence-electron chi connectivity index (χ3n) is 0.857. The van der Waals surface area contributed by atoms with Gasteiger partial charge in [0.05, 0.1) is 7.11 Å². The van der Waals surface area contributed by atoms with Gasteiger partial charge in [0.2, 0.25) is 0 Å². The molecule has 0 N–H and O–H groups in total. The molecule has 9 heavy (non-hydrogen) atoms. The van der Waals surface area contributed by atoms with E-state index in [0.29, 0.717) is 0 Å². The molecule has 0 aliphatic carbocycles. The topological polar surface area (TPSA) is 22.1 Å². The van der Waals surface area contributed by atoms with E-state index in [4.69, 9.17) is 0 Å². The number of rotatable bonds is 1. The first kappa shape index (κ1) is 6.01. The van der Waals surface area contributed by atoms with E-state index in [2.05, 4.69) is 15.8 Å². The lowest BCUT2D eigenvalue weighted by Crippen LogP contribution is -1.89. The van der Waals surface area contributed by atoms with E-state index in [1.54, 1.807) is 0 Å². The van der Waals surface area contributed by atoms with Crippen LogP contribution in [0.1, 0.15) is 0 Å². The summed E-state index contributed by atoms with van der Waals surface area (Å²) in [7, 11) is 1.36. The van der Waals surface area contributed by atoms with Crippen LogP contribution >= 0.6 is 0 Å². The summed E-state index contributed by atoms with van der Waals surface area (Å²) in [4.78, 5) is 3.57. The van der Waals surface area contributed by atoms with Gasteiger partial charge in [-0.3, -0.25) is 0 Å². The standard InChI is InChI=1S/C6H5FNO/c1-9-6-5(7)3-2-4-8-6/h2,4H,1H3. The summed E-state index contributed by atoms with van der Waals surface area (Å²) in [6.45, 7) is 0. The van der Waals surface area contributed by atoms with Gasteiger partial charge in [-0.05, 0) is 6.07 Å². The molecule has 1 radical (unpaired) electrons. The van der Waals surface area contributed by atoms with Gasteiger partial charge in [-0.2, -0.15) is 0 Å². The van der Waals surface area contributed by atoms with Crippen molar-refractivity contribution in [3.63, 3.8) is 0 Å². The van der Waals surface area contributed by atoms with E-state index in [0.717, 1.165) is 0 Å². The molecule has 0 aliphatic heterocycles. The first-order valence-electron chi connectivity index (χ1n) is 2.41. The lowest BCUT2D eigenvalue weighted by atomic mass is 10.5. The van der Waals surface area contributed by atoms with E-state index in [1.807, 2.05) is 0 Å². The lowest BCUT2D eigenvalue weighted by Gasteiger charge is -1.95. The zero-order valence-corrected chi connectivity index (χ0v) is 4.89. The second-order valence-electron chi connectivity index (χ2n) is 1.41. The van der Waals surface area contributed by atoms with E-state index in [1.165, 1.54) is 19.4 Å². The van der Waals surface area contributed by atoms with Gasteiger partial charge >= 0.3 is 0 Å². The SMILES string of the molecule is COc1ncc[c]c1F. The molecule has 0 aromatic carbocycles. The molecule has 0 aliphatic rings. The molecule has 1 aromatic heterocycles. The highest BCUT2D eigenvalue weighted by Crippen LogP contribution is 2.08. The second kappa shape index (κ2) is 2.44. The van der Waals surface area contributed by atoms with Crippen molar-refractivity contribution in [1.29, 1.82) is 0 Å². The quantitative estimate of drug-likeness (QED) is 0.560. The van der Waals surface area contributed by atoms with Gasteiger partial charge in [-0.25, -0.2) is 9.37 Å². The van der Waals surface area contributed by atoms with Crippen LogP contribution in [0.5, 0.6) is 5.88 Å². The van der Waals surface area contributed by atoms with E-state index in [-0.39, 0.29) is 5.88 Å². The van der Waals surface area contributed by atoms with Crippen molar-refractivity contribution >= 4 is 0 Å². The highest BCUT2D eigenvalue weighted by Gasteiger charge is 1.98. The molecule has 0 saturated heterocycles. The van der Waals surface area contributed by atoms with Crippen LogP contribution < -0.4 is 4.74 Å². The minimum atomic E-state index is -0.556. The van der Waals surface area contributed by atoms with Crippen molar-refractivity contribution in [2.45, 2.75) is 0 Å². The Morgan fingerprint density at radius 1 is 1.78 bits per heavy atom. The van der Waals surface area contributed by atoms with E-state index < -0.39 is 5.82 Å². The Hall–Kier alpha value is -1.12. The summed E-state index contributed by atoms with van der Waals surface area (Å²) >= 11 is 0. The van der Waals surface area contributed by atoms with Crippen LogP contribution in [0.2, 0.25) is 0 Å². The molecule has 0 unspecified atom stereocenters. The summed E-state index contributed by atoms with van der Waals surface area (Å²) in [6.07, 6.45) is 1.42. The highest BCUT2D eigenvalue weighted by molar-refractivity contribution is 5.10. The number of hydrogen-bond acceptors (Lipinski definition) is 2. The first-order valence-corrected chi connectivity index (χ1v) is 2.41. The first-order chi connectivity index (χ1) is 4.34. The molecular weight excluding hydrogens is 121 g/mol. The summed E-state index contributed by atoms with van der Waals surface area (Å²) in [5, 5.41) is 0. The molecule has 3 heteroatoms. The van der Waals surface area contributed by atoms with Crippen LogP contribution in [-0.4, -0.2) is 12.1 Å². The summed E-state index contributed by atoms with van der Waals surface area (Å²) in [6, 6.07) is 3.68. The van der Waals surface area contributed by atoms with Gasteiger partial charge < -0.3 is 4.74 Å². The van der Waals surface area contributed by atoms with Crippen LogP contribution in [0.3, 0.4) is 0 Å². The van der Waals surface area contributed by atoms with Crippen LogP contribution in [0.4, 0.5) is 4.39 Å².